The highest BCUT2D eigenvalue weighted by atomic mass is 32.1. The smallest absolute Gasteiger partial charge is 0.303 e. The normalized spacial score (nSPS) is 18.0. The zero-order chi connectivity index (χ0) is 34.7. The molecule has 10 heteroatoms. The number of rotatable bonds is 17. The van der Waals surface area contributed by atoms with E-state index in [-0.39, 0.29) is 53.8 Å². The largest absolute Gasteiger partial charge is 0.455 e. The first-order chi connectivity index (χ1) is 22.3. The standard InChI is InChI=1S/C37H56N4O5S/c1-9-28(21-33(43)31-17-13-14-18-40(31)7)37(45)41(8)32(25(4)5)22-34(46-26(6)42)36-39-30(23-47-36)35(44)38-29(19-24(2)3)20-27-15-11-10-12-16-27/h10-12,15-16,23-25,28-29,31-32,34H,9,13-14,17-22H2,1-8H3,(H,38,44)/t28-,29-,31-,32-,34-/m1/s1. The number of hydrogen-bond acceptors (Lipinski definition) is 8. The fourth-order valence-electron chi connectivity index (χ4n) is 6.68. The zero-order valence-electron chi connectivity index (χ0n) is 29.7. The molecular formula is C37H56N4O5S. The summed E-state index contributed by atoms with van der Waals surface area (Å²) in [6.07, 6.45) is 4.90. The molecule has 1 saturated heterocycles. The fraction of sp³-hybridized carbons (Fsp3) is 0.649. The average Bonchev–Trinajstić information content (AvgIpc) is 3.52. The van der Waals surface area contributed by atoms with Gasteiger partial charge in [0.25, 0.3) is 5.91 Å². The Morgan fingerprint density at radius 2 is 1.79 bits per heavy atom. The van der Waals surface area contributed by atoms with Gasteiger partial charge in [0, 0.05) is 50.2 Å². The number of ether oxygens (including phenoxy) is 1. The maximum atomic E-state index is 13.8. The molecule has 1 aromatic carbocycles. The molecule has 9 nitrogen and oxygen atoms in total. The van der Waals surface area contributed by atoms with Crippen molar-refractivity contribution in [2.24, 2.45) is 17.8 Å². The van der Waals surface area contributed by atoms with Crippen molar-refractivity contribution in [2.75, 3.05) is 20.6 Å². The highest BCUT2D eigenvalue weighted by Gasteiger charge is 2.35. The number of Topliss-reactive ketones (excluding diaryl/α,β-unsaturated/α-hetero) is 1. The van der Waals surface area contributed by atoms with Crippen molar-refractivity contribution >= 4 is 34.9 Å². The minimum Gasteiger partial charge on any atom is -0.455 e. The molecule has 1 aliphatic rings. The van der Waals surface area contributed by atoms with Crippen LogP contribution in [0.4, 0.5) is 0 Å². The first kappa shape index (κ1) is 38.3. The Kier molecular flexibility index (Phi) is 15.0. The van der Waals surface area contributed by atoms with E-state index >= 15 is 0 Å². The number of carbonyl (C=O) groups is 4. The van der Waals surface area contributed by atoms with E-state index in [4.69, 9.17) is 4.74 Å². The third-order valence-corrected chi connectivity index (χ3v) is 10.2. The summed E-state index contributed by atoms with van der Waals surface area (Å²) in [7, 11) is 3.77. The second kappa shape index (κ2) is 18.4. The number of nitrogens with zero attached hydrogens (tertiary/aromatic N) is 3. The van der Waals surface area contributed by atoms with Crippen LogP contribution < -0.4 is 5.32 Å². The molecule has 2 aromatic rings. The molecule has 2 heterocycles. The highest BCUT2D eigenvalue weighted by molar-refractivity contribution is 7.09. The quantitative estimate of drug-likeness (QED) is 0.192. The van der Waals surface area contributed by atoms with E-state index in [0.29, 0.717) is 23.8 Å². The SMILES string of the molecule is CC[C@H](CC(=O)[C@H]1CCCCN1C)C(=O)N(C)[C@H](C[C@@H](OC(C)=O)c1nc(C(=O)N[C@@H](Cc2ccccc2)CC(C)C)cs1)C(C)C. The molecule has 0 aliphatic carbocycles. The van der Waals surface area contributed by atoms with Crippen LogP contribution in [-0.4, -0.2) is 77.1 Å². The lowest BCUT2D eigenvalue weighted by atomic mass is 9.89. The molecule has 0 saturated carbocycles. The van der Waals surface area contributed by atoms with Gasteiger partial charge in [0.1, 0.15) is 10.7 Å². The lowest BCUT2D eigenvalue weighted by Crippen LogP contribution is -2.46. The van der Waals surface area contributed by atoms with E-state index in [2.05, 4.69) is 41.2 Å². The summed E-state index contributed by atoms with van der Waals surface area (Å²) in [5, 5.41) is 5.39. The number of carbonyl (C=O) groups excluding carboxylic acids is 4. The lowest BCUT2D eigenvalue weighted by Gasteiger charge is -2.36. The Labute approximate surface area is 285 Å². The van der Waals surface area contributed by atoms with Gasteiger partial charge in [0.2, 0.25) is 5.91 Å². The van der Waals surface area contributed by atoms with Crippen LogP contribution in [0.3, 0.4) is 0 Å². The maximum Gasteiger partial charge on any atom is 0.303 e. The van der Waals surface area contributed by atoms with Crippen molar-refractivity contribution in [1.29, 1.82) is 0 Å². The van der Waals surface area contributed by atoms with Gasteiger partial charge in [-0.2, -0.15) is 0 Å². The van der Waals surface area contributed by atoms with Crippen LogP contribution in [0.25, 0.3) is 0 Å². The molecule has 3 rings (SSSR count). The van der Waals surface area contributed by atoms with Crippen molar-refractivity contribution in [3.05, 3.63) is 52.0 Å². The van der Waals surface area contributed by atoms with Crippen LogP contribution >= 0.6 is 11.3 Å². The number of piperidine rings is 1. The van der Waals surface area contributed by atoms with Gasteiger partial charge in [-0.25, -0.2) is 4.98 Å². The zero-order valence-corrected chi connectivity index (χ0v) is 30.5. The summed E-state index contributed by atoms with van der Waals surface area (Å²) in [6.45, 7) is 12.5. The van der Waals surface area contributed by atoms with E-state index in [1.807, 2.05) is 46.0 Å². The molecule has 0 spiro atoms. The second-order valence-corrected chi connectivity index (χ2v) is 14.8. The van der Waals surface area contributed by atoms with E-state index in [1.54, 1.807) is 17.3 Å². The van der Waals surface area contributed by atoms with E-state index in [9.17, 15) is 19.2 Å². The first-order valence-electron chi connectivity index (χ1n) is 17.3. The molecule has 2 amide bonds. The summed E-state index contributed by atoms with van der Waals surface area (Å²) in [6, 6.07) is 9.64. The number of likely N-dealkylation sites (tertiary alicyclic amines) is 1. The molecule has 0 radical (unpaired) electrons. The number of likely N-dealkylation sites (N-methyl/N-ethyl adjacent to an activating group) is 1. The molecule has 1 aromatic heterocycles. The minimum absolute atomic E-state index is 0.0391. The third kappa shape index (κ3) is 11.5. The molecule has 1 fully saturated rings. The van der Waals surface area contributed by atoms with Crippen molar-refractivity contribution in [3.8, 4) is 0 Å². The first-order valence-corrected chi connectivity index (χ1v) is 18.2. The van der Waals surface area contributed by atoms with Crippen LogP contribution in [-0.2, 0) is 25.5 Å². The van der Waals surface area contributed by atoms with Crippen molar-refractivity contribution < 1.29 is 23.9 Å². The Hall–Kier alpha value is -3.11. The maximum absolute atomic E-state index is 13.8. The van der Waals surface area contributed by atoms with Crippen LogP contribution in [0.2, 0.25) is 0 Å². The summed E-state index contributed by atoms with van der Waals surface area (Å²) in [5.74, 6) is -0.641. The number of amides is 2. The van der Waals surface area contributed by atoms with Gasteiger partial charge < -0.3 is 15.0 Å². The van der Waals surface area contributed by atoms with E-state index < -0.39 is 18.0 Å². The number of thiazole rings is 1. The molecular weight excluding hydrogens is 612 g/mol. The lowest BCUT2D eigenvalue weighted by molar-refractivity contribution is -0.149. The van der Waals surface area contributed by atoms with Gasteiger partial charge in [-0.15, -0.1) is 11.3 Å². The summed E-state index contributed by atoms with van der Waals surface area (Å²) >= 11 is 1.28. The van der Waals surface area contributed by atoms with Crippen molar-refractivity contribution in [2.45, 2.75) is 117 Å². The van der Waals surface area contributed by atoms with Crippen molar-refractivity contribution in [1.82, 2.24) is 20.1 Å². The van der Waals surface area contributed by atoms with E-state index in [1.165, 1.54) is 18.3 Å². The third-order valence-electron chi connectivity index (χ3n) is 9.26. The number of benzene rings is 1. The number of hydrogen-bond donors (Lipinski definition) is 1. The number of esters is 1. The van der Waals surface area contributed by atoms with Crippen LogP contribution in [0.15, 0.2) is 35.7 Å². The van der Waals surface area contributed by atoms with Crippen molar-refractivity contribution in [3.63, 3.8) is 0 Å². The topological polar surface area (TPSA) is 109 Å². The summed E-state index contributed by atoms with van der Waals surface area (Å²) < 4.78 is 5.77. The predicted octanol–water partition coefficient (Wildman–Crippen LogP) is 6.48. The minimum atomic E-state index is -0.727. The van der Waals surface area contributed by atoms with Crippen LogP contribution in [0.1, 0.15) is 114 Å². The Morgan fingerprint density at radius 1 is 1.09 bits per heavy atom. The molecule has 47 heavy (non-hydrogen) atoms. The number of nitrogens with one attached hydrogen (secondary N) is 1. The predicted molar refractivity (Wildman–Crippen MR) is 187 cm³/mol. The monoisotopic (exact) mass is 668 g/mol. The van der Waals surface area contributed by atoms with Crippen LogP contribution in [0.5, 0.6) is 0 Å². The van der Waals surface area contributed by atoms with Gasteiger partial charge in [-0.3, -0.25) is 24.1 Å². The molecule has 5 atom stereocenters. The second-order valence-electron chi connectivity index (χ2n) is 13.9. The average molecular weight is 669 g/mol. The van der Waals surface area contributed by atoms with E-state index in [0.717, 1.165) is 44.2 Å². The van der Waals surface area contributed by atoms with Gasteiger partial charge >= 0.3 is 5.97 Å². The summed E-state index contributed by atoms with van der Waals surface area (Å²) in [4.78, 5) is 61.2. The highest BCUT2D eigenvalue weighted by Crippen LogP contribution is 2.32. The molecule has 0 unspecified atom stereocenters. The molecule has 1 N–H and O–H groups in total. The fourth-order valence-corrected chi connectivity index (χ4v) is 7.51. The van der Waals surface area contributed by atoms with Gasteiger partial charge in [0.15, 0.2) is 11.9 Å². The number of aromatic nitrogens is 1. The molecule has 0 bridgehead atoms. The summed E-state index contributed by atoms with van der Waals surface area (Å²) in [5.41, 5.74) is 1.44. The van der Waals surface area contributed by atoms with Gasteiger partial charge in [0.05, 0.1) is 6.04 Å². The Bertz CT molecular complexity index is 1310. The number of ketones is 1. The Balaban J connectivity index is 1.74. The van der Waals surface area contributed by atoms with Gasteiger partial charge in [-0.1, -0.05) is 71.4 Å². The Morgan fingerprint density at radius 3 is 2.38 bits per heavy atom. The molecule has 1 aliphatic heterocycles. The molecule has 260 valence electrons. The van der Waals surface area contributed by atoms with Crippen LogP contribution in [0, 0.1) is 17.8 Å². The van der Waals surface area contributed by atoms with Gasteiger partial charge in [-0.05, 0) is 63.1 Å².